The topological polar surface area (TPSA) is 71.4 Å². The molecule has 5 nitrogen and oxygen atoms in total. The van der Waals surface area contributed by atoms with Crippen molar-refractivity contribution in [2.24, 2.45) is 0 Å². The van der Waals surface area contributed by atoms with Gasteiger partial charge in [-0.25, -0.2) is 0 Å². The maximum absolute atomic E-state index is 12.6. The largest absolute Gasteiger partial charge is 0.490 e. The van der Waals surface area contributed by atoms with Crippen LogP contribution in [0.25, 0.3) is 6.08 Å². The molecule has 0 atom stereocenters. The van der Waals surface area contributed by atoms with Gasteiger partial charge in [-0.15, -0.1) is 6.58 Å². The van der Waals surface area contributed by atoms with Gasteiger partial charge in [-0.3, -0.25) is 4.79 Å². The molecule has 6 heteroatoms. The van der Waals surface area contributed by atoms with Crippen LogP contribution >= 0.6 is 11.6 Å². The van der Waals surface area contributed by atoms with Crippen LogP contribution in [0.4, 0.5) is 5.69 Å². The van der Waals surface area contributed by atoms with Gasteiger partial charge in [-0.1, -0.05) is 48.0 Å². The van der Waals surface area contributed by atoms with E-state index in [1.54, 1.807) is 24.3 Å². The van der Waals surface area contributed by atoms with E-state index in [1.807, 2.05) is 61.5 Å². The summed E-state index contributed by atoms with van der Waals surface area (Å²) >= 11 is 6.09. The zero-order valence-electron chi connectivity index (χ0n) is 18.9. The van der Waals surface area contributed by atoms with Gasteiger partial charge in [0, 0.05) is 16.3 Å². The average Bonchev–Trinajstić information content (AvgIpc) is 2.83. The first-order valence-electron chi connectivity index (χ1n) is 10.8. The van der Waals surface area contributed by atoms with Crippen LogP contribution in [0.15, 0.2) is 85.0 Å². The Kier molecular flexibility index (Phi) is 8.90. The number of nitrogens with one attached hydrogen (secondary N) is 1. The summed E-state index contributed by atoms with van der Waals surface area (Å²) in [6, 6.07) is 22.0. The Morgan fingerprint density at radius 1 is 1.12 bits per heavy atom. The van der Waals surface area contributed by atoms with E-state index in [0.717, 1.165) is 11.1 Å². The fourth-order valence-corrected chi connectivity index (χ4v) is 3.53. The predicted octanol–water partition coefficient (Wildman–Crippen LogP) is 6.59. The van der Waals surface area contributed by atoms with E-state index in [4.69, 9.17) is 21.1 Å². The van der Waals surface area contributed by atoms with Gasteiger partial charge in [0.15, 0.2) is 11.5 Å². The number of carbonyl (C=O) groups excluding carboxylic acids is 1. The van der Waals surface area contributed by atoms with E-state index in [9.17, 15) is 10.1 Å². The lowest BCUT2D eigenvalue weighted by Crippen LogP contribution is -2.13. The second kappa shape index (κ2) is 12.3. The van der Waals surface area contributed by atoms with Crippen molar-refractivity contribution in [2.75, 3.05) is 11.9 Å². The molecule has 0 aliphatic heterocycles. The van der Waals surface area contributed by atoms with Crippen molar-refractivity contribution >= 4 is 29.3 Å². The molecule has 3 rings (SSSR count). The number of para-hydroxylation sites is 1. The van der Waals surface area contributed by atoms with Gasteiger partial charge in [0.2, 0.25) is 0 Å². The number of hydrogen-bond acceptors (Lipinski definition) is 4. The molecular formula is C28H25ClN2O3. The zero-order chi connectivity index (χ0) is 24.3. The molecule has 0 bridgehead atoms. The van der Waals surface area contributed by atoms with Crippen LogP contribution in [0.1, 0.15) is 23.6 Å². The summed E-state index contributed by atoms with van der Waals surface area (Å²) in [6.45, 7) is 6.45. The molecular weight excluding hydrogens is 448 g/mol. The number of rotatable bonds is 10. The van der Waals surface area contributed by atoms with Crippen molar-refractivity contribution in [3.8, 4) is 17.6 Å². The molecule has 1 N–H and O–H groups in total. The Bertz CT molecular complexity index is 1230. The first-order valence-corrected chi connectivity index (χ1v) is 11.2. The fourth-order valence-electron chi connectivity index (χ4n) is 3.32. The summed E-state index contributed by atoms with van der Waals surface area (Å²) in [6.07, 6.45) is 3.82. The van der Waals surface area contributed by atoms with Crippen LogP contribution in [-0.2, 0) is 17.8 Å². The molecule has 34 heavy (non-hydrogen) atoms. The Hall–Kier alpha value is -4.01. The fraction of sp³-hybridized carbons (Fsp3) is 0.143. The quantitative estimate of drug-likeness (QED) is 0.205. The van der Waals surface area contributed by atoms with Gasteiger partial charge in [0.1, 0.15) is 18.2 Å². The van der Waals surface area contributed by atoms with E-state index in [0.29, 0.717) is 47.4 Å². The van der Waals surface area contributed by atoms with Crippen LogP contribution < -0.4 is 14.8 Å². The highest BCUT2D eigenvalue weighted by Gasteiger charge is 2.15. The SMILES string of the molecule is C=CCc1cc(/C=C(\C#N)C(=O)Nc2ccccc2)cc(OCC)c1OCc1cccc(Cl)c1. The molecule has 0 saturated carbocycles. The lowest BCUT2D eigenvalue weighted by molar-refractivity contribution is -0.112. The molecule has 0 aliphatic carbocycles. The van der Waals surface area contributed by atoms with Crippen molar-refractivity contribution in [1.29, 1.82) is 5.26 Å². The summed E-state index contributed by atoms with van der Waals surface area (Å²) in [5, 5.41) is 13.0. The third-order valence-corrected chi connectivity index (χ3v) is 5.03. The Labute approximate surface area is 204 Å². The highest BCUT2D eigenvalue weighted by molar-refractivity contribution is 6.30. The number of anilines is 1. The molecule has 0 unspecified atom stereocenters. The third-order valence-electron chi connectivity index (χ3n) is 4.80. The van der Waals surface area contributed by atoms with Gasteiger partial charge in [0.05, 0.1) is 6.61 Å². The molecule has 0 aromatic heterocycles. The number of hydrogen-bond donors (Lipinski definition) is 1. The third kappa shape index (κ3) is 6.74. The highest BCUT2D eigenvalue weighted by atomic mass is 35.5. The van der Waals surface area contributed by atoms with Crippen LogP contribution in [0.2, 0.25) is 5.02 Å². The minimum absolute atomic E-state index is 0.0246. The minimum Gasteiger partial charge on any atom is -0.490 e. The summed E-state index contributed by atoms with van der Waals surface area (Å²) in [5.41, 5.74) is 2.99. The van der Waals surface area contributed by atoms with Crippen molar-refractivity contribution in [1.82, 2.24) is 0 Å². The van der Waals surface area contributed by atoms with Crippen molar-refractivity contribution in [2.45, 2.75) is 20.0 Å². The molecule has 0 saturated heterocycles. The number of halogens is 1. The predicted molar refractivity (Wildman–Crippen MR) is 136 cm³/mol. The Morgan fingerprint density at radius 2 is 1.91 bits per heavy atom. The average molecular weight is 473 g/mol. The first-order chi connectivity index (χ1) is 16.5. The molecule has 1 amide bonds. The van der Waals surface area contributed by atoms with E-state index in [-0.39, 0.29) is 5.57 Å². The molecule has 0 fully saturated rings. The maximum Gasteiger partial charge on any atom is 0.266 e. The molecule has 3 aromatic carbocycles. The second-order valence-electron chi connectivity index (χ2n) is 7.34. The van der Waals surface area contributed by atoms with Gasteiger partial charge in [0.25, 0.3) is 5.91 Å². The molecule has 0 heterocycles. The van der Waals surface area contributed by atoms with Gasteiger partial charge in [-0.2, -0.15) is 5.26 Å². The zero-order valence-corrected chi connectivity index (χ0v) is 19.6. The van der Waals surface area contributed by atoms with E-state index in [1.165, 1.54) is 6.08 Å². The van der Waals surface area contributed by atoms with Gasteiger partial charge < -0.3 is 14.8 Å². The normalized spacial score (nSPS) is 10.8. The summed E-state index contributed by atoms with van der Waals surface area (Å²) < 4.78 is 12.0. The second-order valence-corrected chi connectivity index (χ2v) is 7.78. The molecule has 172 valence electrons. The Balaban J connectivity index is 1.93. The Morgan fingerprint density at radius 3 is 2.59 bits per heavy atom. The molecule has 3 aromatic rings. The van der Waals surface area contributed by atoms with Crippen LogP contribution in [0.5, 0.6) is 11.5 Å². The first kappa shape index (κ1) is 24.6. The minimum atomic E-state index is -0.488. The number of benzene rings is 3. The van der Waals surface area contributed by atoms with Gasteiger partial charge >= 0.3 is 0 Å². The summed E-state index contributed by atoms with van der Waals surface area (Å²) in [5.74, 6) is 0.625. The van der Waals surface area contributed by atoms with Crippen LogP contribution in [0.3, 0.4) is 0 Å². The molecule has 0 spiro atoms. The van der Waals surface area contributed by atoms with Crippen LogP contribution in [-0.4, -0.2) is 12.5 Å². The number of allylic oxidation sites excluding steroid dienone is 1. The molecule has 0 aliphatic rings. The van der Waals surface area contributed by atoms with Crippen LogP contribution in [0, 0.1) is 11.3 Å². The van der Waals surface area contributed by atoms with Crippen molar-refractivity contribution < 1.29 is 14.3 Å². The summed E-state index contributed by atoms with van der Waals surface area (Å²) in [7, 11) is 0. The number of nitriles is 1. The maximum atomic E-state index is 12.6. The van der Waals surface area contributed by atoms with Gasteiger partial charge in [-0.05, 0) is 66.9 Å². The monoisotopic (exact) mass is 472 g/mol. The lowest BCUT2D eigenvalue weighted by Gasteiger charge is -2.17. The summed E-state index contributed by atoms with van der Waals surface area (Å²) in [4.78, 5) is 12.6. The lowest BCUT2D eigenvalue weighted by atomic mass is 10.0. The van der Waals surface area contributed by atoms with E-state index < -0.39 is 5.91 Å². The van der Waals surface area contributed by atoms with Crippen molar-refractivity contribution in [3.63, 3.8) is 0 Å². The smallest absolute Gasteiger partial charge is 0.266 e. The number of nitrogens with zero attached hydrogens (tertiary/aromatic N) is 1. The van der Waals surface area contributed by atoms with E-state index in [2.05, 4.69) is 11.9 Å². The number of ether oxygens (including phenoxy) is 2. The highest BCUT2D eigenvalue weighted by Crippen LogP contribution is 2.35. The standard InChI is InChI=1S/C28H25ClN2O3/c1-3-9-22-14-21(15-23(18-30)28(32)31-25-12-6-5-7-13-25)17-26(33-4-2)27(22)34-19-20-10-8-11-24(29)16-20/h3,5-8,10-17H,1,4,9,19H2,2H3,(H,31,32)/b23-15+. The van der Waals surface area contributed by atoms with E-state index >= 15 is 0 Å². The molecule has 0 radical (unpaired) electrons. The number of carbonyl (C=O) groups is 1. The number of amides is 1. The van der Waals surface area contributed by atoms with Crippen molar-refractivity contribution in [3.05, 3.63) is 107 Å².